The van der Waals surface area contributed by atoms with Crippen LogP contribution in [0.5, 0.6) is 0 Å². The molecule has 110 valence electrons. The van der Waals surface area contributed by atoms with E-state index in [1.807, 2.05) is 37.3 Å². The molecule has 1 aromatic carbocycles. The number of aromatic nitrogens is 2. The predicted octanol–water partition coefficient (Wildman–Crippen LogP) is 2.44. The fourth-order valence-corrected chi connectivity index (χ4v) is 2.80. The monoisotopic (exact) mass is 303 g/mol. The van der Waals surface area contributed by atoms with Crippen LogP contribution in [0, 0.1) is 4.77 Å². The van der Waals surface area contributed by atoms with Crippen molar-refractivity contribution in [1.82, 2.24) is 14.9 Å². The molecule has 1 aliphatic rings. The van der Waals surface area contributed by atoms with Crippen molar-refractivity contribution in [2.24, 2.45) is 0 Å². The van der Waals surface area contributed by atoms with E-state index in [2.05, 4.69) is 10.3 Å². The van der Waals surface area contributed by atoms with Crippen molar-refractivity contribution < 1.29 is 9.53 Å². The third-order valence-electron chi connectivity index (χ3n) is 3.72. The van der Waals surface area contributed by atoms with Gasteiger partial charge in [-0.15, -0.1) is 0 Å². The molecule has 1 aromatic heterocycles. The van der Waals surface area contributed by atoms with Gasteiger partial charge in [0, 0.05) is 18.5 Å². The molecule has 1 saturated heterocycles. The molecule has 0 unspecified atom stereocenters. The maximum Gasteiger partial charge on any atom is 0.270 e. The molecule has 5 nitrogen and oxygen atoms in total. The van der Waals surface area contributed by atoms with Gasteiger partial charge in [-0.25, -0.2) is 0 Å². The molecule has 0 aliphatic carbocycles. The smallest absolute Gasteiger partial charge is 0.270 e. The Bertz CT molecular complexity index is 692. The Morgan fingerprint density at radius 3 is 2.86 bits per heavy atom. The van der Waals surface area contributed by atoms with Gasteiger partial charge in [0.05, 0.1) is 12.1 Å². The number of hydrogen-bond donors (Lipinski definition) is 2. The minimum absolute atomic E-state index is 0.0426. The van der Waals surface area contributed by atoms with Crippen LogP contribution in [0.3, 0.4) is 0 Å². The fraction of sp³-hybridized carbons (Fsp3) is 0.333. The van der Waals surface area contributed by atoms with Gasteiger partial charge >= 0.3 is 0 Å². The van der Waals surface area contributed by atoms with Gasteiger partial charge in [0.1, 0.15) is 5.69 Å². The molecule has 0 bridgehead atoms. The van der Waals surface area contributed by atoms with E-state index in [1.165, 1.54) is 0 Å². The Balaban J connectivity index is 1.89. The van der Waals surface area contributed by atoms with Crippen LogP contribution >= 0.6 is 12.2 Å². The Labute approximate surface area is 127 Å². The number of hydrogen-bond acceptors (Lipinski definition) is 3. The minimum atomic E-state index is -0.145. The number of H-pyrrole nitrogens is 1. The van der Waals surface area contributed by atoms with E-state index in [4.69, 9.17) is 17.0 Å². The zero-order valence-electron chi connectivity index (χ0n) is 11.7. The summed E-state index contributed by atoms with van der Waals surface area (Å²) < 4.78 is 7.72. The molecule has 0 spiro atoms. The standard InChI is InChI=1S/C15H17N3O2S/c1-10-12(7-8-20-10)17-14(19)13-9-16-15(21)18(13)11-5-3-2-4-6-11/h2-6,9-10,12H,7-8H2,1H3,(H,16,21)(H,17,19)/t10-,12+/m0/s1. The molecule has 2 N–H and O–H groups in total. The van der Waals surface area contributed by atoms with Crippen molar-refractivity contribution >= 4 is 18.1 Å². The van der Waals surface area contributed by atoms with E-state index in [9.17, 15) is 4.79 Å². The van der Waals surface area contributed by atoms with Crippen molar-refractivity contribution in [2.75, 3.05) is 6.61 Å². The number of ether oxygens (including phenoxy) is 1. The summed E-state index contributed by atoms with van der Waals surface area (Å²) in [5.41, 5.74) is 1.37. The maximum atomic E-state index is 12.5. The van der Waals surface area contributed by atoms with E-state index in [0.29, 0.717) is 17.1 Å². The number of aromatic amines is 1. The molecular formula is C15H17N3O2S. The Kier molecular flexibility index (Phi) is 3.90. The average Bonchev–Trinajstić information content (AvgIpc) is 3.06. The third-order valence-corrected chi connectivity index (χ3v) is 4.02. The minimum Gasteiger partial charge on any atom is -0.376 e. The first-order chi connectivity index (χ1) is 10.2. The Morgan fingerprint density at radius 1 is 1.43 bits per heavy atom. The van der Waals surface area contributed by atoms with Gasteiger partial charge in [-0.3, -0.25) is 9.36 Å². The second-order valence-electron chi connectivity index (χ2n) is 5.09. The number of rotatable bonds is 3. The van der Waals surface area contributed by atoms with E-state index in [-0.39, 0.29) is 18.1 Å². The van der Waals surface area contributed by atoms with Gasteiger partial charge in [0.15, 0.2) is 4.77 Å². The lowest BCUT2D eigenvalue weighted by Gasteiger charge is -2.16. The van der Waals surface area contributed by atoms with Gasteiger partial charge in [0.2, 0.25) is 0 Å². The van der Waals surface area contributed by atoms with Crippen LogP contribution in [-0.4, -0.2) is 34.2 Å². The molecule has 2 atom stereocenters. The van der Waals surface area contributed by atoms with Gasteiger partial charge in [-0.1, -0.05) is 18.2 Å². The van der Waals surface area contributed by atoms with Crippen LogP contribution in [-0.2, 0) is 4.74 Å². The molecule has 21 heavy (non-hydrogen) atoms. The molecule has 1 aliphatic heterocycles. The normalized spacial score (nSPS) is 21.4. The van der Waals surface area contributed by atoms with E-state index >= 15 is 0 Å². The molecule has 6 heteroatoms. The van der Waals surface area contributed by atoms with Gasteiger partial charge in [-0.05, 0) is 37.7 Å². The van der Waals surface area contributed by atoms with Gasteiger partial charge in [0.25, 0.3) is 5.91 Å². The number of nitrogens with zero attached hydrogens (tertiary/aromatic N) is 1. The summed E-state index contributed by atoms with van der Waals surface area (Å²) in [6.45, 7) is 2.66. The van der Waals surface area contributed by atoms with Crippen molar-refractivity contribution in [2.45, 2.75) is 25.5 Å². The lowest BCUT2D eigenvalue weighted by Crippen LogP contribution is -2.39. The molecule has 0 radical (unpaired) electrons. The van der Waals surface area contributed by atoms with Crippen LogP contribution < -0.4 is 5.32 Å². The van der Waals surface area contributed by atoms with Gasteiger partial charge < -0.3 is 15.0 Å². The van der Waals surface area contributed by atoms with Gasteiger partial charge in [-0.2, -0.15) is 0 Å². The van der Waals surface area contributed by atoms with Crippen molar-refractivity contribution in [3.05, 3.63) is 47.0 Å². The van der Waals surface area contributed by atoms with Crippen LogP contribution in [0.15, 0.2) is 36.5 Å². The molecule has 1 fully saturated rings. The van der Waals surface area contributed by atoms with Crippen molar-refractivity contribution in [1.29, 1.82) is 0 Å². The molecular weight excluding hydrogens is 286 g/mol. The second-order valence-corrected chi connectivity index (χ2v) is 5.48. The fourth-order valence-electron chi connectivity index (χ4n) is 2.53. The first-order valence-electron chi connectivity index (χ1n) is 6.95. The number of amides is 1. The van der Waals surface area contributed by atoms with Crippen LogP contribution in [0.1, 0.15) is 23.8 Å². The number of imidazole rings is 1. The summed E-state index contributed by atoms with van der Waals surface area (Å²) in [5, 5.41) is 3.02. The second kappa shape index (κ2) is 5.83. The largest absolute Gasteiger partial charge is 0.376 e. The summed E-state index contributed by atoms with van der Waals surface area (Å²) in [5.74, 6) is -0.145. The summed E-state index contributed by atoms with van der Waals surface area (Å²) in [4.78, 5) is 15.4. The number of carbonyl (C=O) groups excluding carboxylic acids is 1. The van der Waals surface area contributed by atoms with Crippen molar-refractivity contribution in [3.63, 3.8) is 0 Å². The lowest BCUT2D eigenvalue weighted by atomic mass is 10.1. The number of benzene rings is 1. The van der Waals surface area contributed by atoms with E-state index < -0.39 is 0 Å². The number of nitrogens with one attached hydrogen (secondary N) is 2. The summed E-state index contributed by atoms with van der Waals surface area (Å²) in [6, 6.07) is 9.64. The Hall–Kier alpha value is -1.92. The molecule has 2 aromatic rings. The molecule has 1 amide bonds. The highest BCUT2D eigenvalue weighted by Crippen LogP contribution is 2.16. The maximum absolute atomic E-state index is 12.5. The topological polar surface area (TPSA) is 59.0 Å². The quantitative estimate of drug-likeness (QED) is 0.856. The Morgan fingerprint density at radius 2 is 2.19 bits per heavy atom. The predicted molar refractivity (Wildman–Crippen MR) is 82.2 cm³/mol. The SMILES string of the molecule is C[C@@H]1OCC[C@H]1NC(=O)c1c[nH]c(=S)n1-c1ccccc1. The number of para-hydroxylation sites is 1. The highest BCUT2D eigenvalue weighted by Gasteiger charge is 2.27. The first-order valence-corrected chi connectivity index (χ1v) is 7.36. The highest BCUT2D eigenvalue weighted by atomic mass is 32.1. The zero-order valence-corrected chi connectivity index (χ0v) is 12.5. The third kappa shape index (κ3) is 2.77. The number of carbonyl (C=O) groups is 1. The summed E-state index contributed by atoms with van der Waals surface area (Å²) >= 11 is 5.28. The lowest BCUT2D eigenvalue weighted by molar-refractivity contribution is 0.0860. The highest BCUT2D eigenvalue weighted by molar-refractivity contribution is 7.71. The molecule has 3 rings (SSSR count). The van der Waals surface area contributed by atoms with Crippen LogP contribution in [0.4, 0.5) is 0 Å². The molecule has 0 saturated carbocycles. The van der Waals surface area contributed by atoms with E-state index in [0.717, 1.165) is 12.1 Å². The zero-order chi connectivity index (χ0) is 14.8. The average molecular weight is 303 g/mol. The first kappa shape index (κ1) is 14.0. The van der Waals surface area contributed by atoms with Crippen LogP contribution in [0.25, 0.3) is 5.69 Å². The van der Waals surface area contributed by atoms with E-state index in [1.54, 1.807) is 10.8 Å². The van der Waals surface area contributed by atoms with Crippen molar-refractivity contribution in [3.8, 4) is 5.69 Å². The molecule has 2 heterocycles. The summed E-state index contributed by atoms with van der Waals surface area (Å²) in [7, 11) is 0. The van der Waals surface area contributed by atoms with Crippen LogP contribution in [0.2, 0.25) is 0 Å². The summed E-state index contributed by atoms with van der Waals surface area (Å²) in [6.07, 6.45) is 2.52.